The second-order valence-corrected chi connectivity index (χ2v) is 10.9. The molecule has 0 saturated heterocycles. The van der Waals surface area contributed by atoms with Gasteiger partial charge < -0.3 is 9.45 Å². The summed E-state index contributed by atoms with van der Waals surface area (Å²) in [6.45, 7) is 0.462. The van der Waals surface area contributed by atoms with Gasteiger partial charge in [0.15, 0.2) is 6.20 Å². The van der Waals surface area contributed by atoms with Crippen molar-refractivity contribution in [1.29, 1.82) is 0 Å². The predicted octanol–water partition coefficient (Wildman–Crippen LogP) is 5.18. The van der Waals surface area contributed by atoms with Crippen LogP contribution >= 0.6 is 11.8 Å². The van der Waals surface area contributed by atoms with Gasteiger partial charge in [-0.25, -0.2) is 13.0 Å². The minimum absolute atomic E-state index is 0.278. The largest absolute Gasteiger partial charge is 0.748 e. The highest BCUT2D eigenvalue weighted by atomic mass is 32.2. The summed E-state index contributed by atoms with van der Waals surface area (Å²) < 4.78 is 35.5. The van der Waals surface area contributed by atoms with Crippen molar-refractivity contribution in [3.63, 3.8) is 0 Å². The molecular formula is C27H24N2O3S2. The molecule has 0 unspecified atom stereocenters. The Morgan fingerprint density at radius 3 is 2.62 bits per heavy atom. The molecule has 1 aromatic heterocycles. The number of nitrogens with zero attached hydrogens (tertiary/aromatic N) is 2. The Morgan fingerprint density at radius 1 is 1.00 bits per heavy atom. The standard InChI is InChI=1S/C27H24N2O3S2/c1-28-16-14-21(24-11-6-9-20-8-2-3-10-23(20)24)18-22(28)19-27-29(15-7-17-34(30,31)32)25-12-4-5-13-26(25)33-27/h2-6,8-14,16,18-19H,7,15,17H2,1H3. The molecule has 0 N–H and O–H groups in total. The highest BCUT2D eigenvalue weighted by Gasteiger charge is 2.26. The first-order valence-electron chi connectivity index (χ1n) is 11.1. The highest BCUT2D eigenvalue weighted by Crippen LogP contribution is 2.46. The van der Waals surface area contributed by atoms with Gasteiger partial charge in [0, 0.05) is 35.4 Å². The molecule has 0 spiro atoms. The molecule has 0 aliphatic carbocycles. The van der Waals surface area contributed by atoms with E-state index in [1.165, 1.54) is 16.3 Å². The van der Waals surface area contributed by atoms with Crippen LogP contribution in [0.5, 0.6) is 0 Å². The van der Waals surface area contributed by atoms with E-state index in [4.69, 9.17) is 0 Å². The molecule has 0 fully saturated rings. The molecule has 7 heteroatoms. The summed E-state index contributed by atoms with van der Waals surface area (Å²) in [7, 11) is -2.22. The van der Waals surface area contributed by atoms with E-state index in [-0.39, 0.29) is 12.2 Å². The summed E-state index contributed by atoms with van der Waals surface area (Å²) in [5.74, 6) is -0.367. The Hall–Kier alpha value is -3.13. The zero-order chi connectivity index (χ0) is 23.7. The summed E-state index contributed by atoms with van der Waals surface area (Å²) in [4.78, 5) is 3.22. The molecule has 4 aromatic rings. The molecular weight excluding hydrogens is 464 g/mol. The van der Waals surface area contributed by atoms with Gasteiger partial charge in [0.2, 0.25) is 5.69 Å². The number of anilines is 1. The molecule has 5 rings (SSSR count). The van der Waals surface area contributed by atoms with Crippen molar-refractivity contribution in [3.05, 3.63) is 95.8 Å². The summed E-state index contributed by atoms with van der Waals surface area (Å²) in [5.41, 5.74) is 4.38. The van der Waals surface area contributed by atoms with E-state index in [0.717, 1.165) is 26.9 Å². The summed E-state index contributed by atoms with van der Waals surface area (Å²) in [6.07, 6.45) is 4.47. The lowest BCUT2D eigenvalue weighted by Gasteiger charge is -2.20. The van der Waals surface area contributed by atoms with Gasteiger partial charge in [-0.2, -0.15) is 0 Å². The summed E-state index contributed by atoms with van der Waals surface area (Å²) in [5, 5.41) is 3.42. The molecule has 0 atom stereocenters. The first-order valence-corrected chi connectivity index (χ1v) is 13.5. The van der Waals surface area contributed by atoms with E-state index in [1.807, 2.05) is 25.2 Å². The molecule has 5 nitrogen and oxygen atoms in total. The average molecular weight is 489 g/mol. The second-order valence-electron chi connectivity index (χ2n) is 8.30. The molecule has 0 radical (unpaired) electrons. The normalized spacial score (nSPS) is 14.6. The third-order valence-electron chi connectivity index (χ3n) is 5.97. The van der Waals surface area contributed by atoms with Crippen molar-refractivity contribution in [2.45, 2.75) is 11.3 Å². The molecule has 0 bridgehead atoms. The Labute approximate surface area is 204 Å². The Kier molecular flexibility index (Phi) is 6.16. The SMILES string of the molecule is C[n+]1ccc(-c2cccc3ccccc23)cc1/C=C1\Sc2ccccc2N1CCCS(=O)(=O)[O-]. The van der Waals surface area contributed by atoms with Gasteiger partial charge >= 0.3 is 0 Å². The minimum atomic E-state index is -4.24. The molecule has 1 aliphatic rings. The van der Waals surface area contributed by atoms with Crippen molar-refractivity contribution in [3.8, 4) is 11.1 Å². The number of para-hydroxylation sites is 1. The molecule has 34 heavy (non-hydrogen) atoms. The number of aryl methyl sites for hydroxylation is 1. The van der Waals surface area contributed by atoms with Crippen LogP contribution in [0, 0.1) is 0 Å². The maximum absolute atomic E-state index is 11.1. The lowest BCUT2D eigenvalue weighted by molar-refractivity contribution is -0.673. The number of aromatic nitrogens is 1. The zero-order valence-corrected chi connectivity index (χ0v) is 20.4. The van der Waals surface area contributed by atoms with Crippen LogP contribution < -0.4 is 9.47 Å². The van der Waals surface area contributed by atoms with Gasteiger partial charge in [-0.15, -0.1) is 0 Å². The number of benzene rings is 3. The Balaban J connectivity index is 1.53. The first kappa shape index (κ1) is 22.7. The van der Waals surface area contributed by atoms with Crippen molar-refractivity contribution in [1.82, 2.24) is 0 Å². The molecule has 3 aromatic carbocycles. The lowest BCUT2D eigenvalue weighted by atomic mass is 9.98. The predicted molar refractivity (Wildman–Crippen MR) is 137 cm³/mol. The fourth-order valence-electron chi connectivity index (χ4n) is 4.29. The summed E-state index contributed by atoms with van der Waals surface area (Å²) in [6, 6.07) is 27.1. The van der Waals surface area contributed by atoms with Crippen LogP contribution in [-0.2, 0) is 17.2 Å². The Morgan fingerprint density at radius 2 is 1.76 bits per heavy atom. The van der Waals surface area contributed by atoms with Crippen LogP contribution in [0.1, 0.15) is 12.1 Å². The van der Waals surface area contributed by atoms with Crippen LogP contribution in [0.4, 0.5) is 5.69 Å². The molecule has 0 amide bonds. The smallest absolute Gasteiger partial charge is 0.208 e. The number of fused-ring (bicyclic) bond motifs is 2. The van der Waals surface area contributed by atoms with Crippen molar-refractivity contribution >= 4 is 44.4 Å². The van der Waals surface area contributed by atoms with Gasteiger partial charge in [0.1, 0.15) is 7.05 Å². The van der Waals surface area contributed by atoms with Crippen molar-refractivity contribution in [2.24, 2.45) is 7.05 Å². The van der Waals surface area contributed by atoms with E-state index in [1.54, 1.807) is 11.8 Å². The monoisotopic (exact) mass is 488 g/mol. The molecule has 172 valence electrons. The fourth-order valence-corrected chi connectivity index (χ4v) is 5.91. The topological polar surface area (TPSA) is 64.3 Å². The van der Waals surface area contributed by atoms with Gasteiger partial charge in [-0.3, -0.25) is 0 Å². The van der Waals surface area contributed by atoms with E-state index >= 15 is 0 Å². The maximum Gasteiger partial charge on any atom is 0.208 e. The third-order valence-corrected chi connectivity index (χ3v) is 7.87. The fraction of sp³-hybridized carbons (Fsp3) is 0.148. The number of hydrogen-bond acceptors (Lipinski definition) is 5. The van der Waals surface area contributed by atoms with Gasteiger partial charge in [-0.1, -0.05) is 66.4 Å². The van der Waals surface area contributed by atoms with Crippen LogP contribution in [0.25, 0.3) is 28.0 Å². The molecule has 0 saturated carbocycles. The second kappa shape index (κ2) is 9.25. The number of thioether (sulfide) groups is 1. The quantitative estimate of drug-likeness (QED) is 0.277. The van der Waals surface area contributed by atoms with Gasteiger partial charge in [-0.05, 0) is 40.5 Å². The van der Waals surface area contributed by atoms with Crippen LogP contribution in [0.15, 0.2) is 95.0 Å². The van der Waals surface area contributed by atoms with E-state index in [9.17, 15) is 13.0 Å². The maximum atomic E-state index is 11.1. The number of hydrogen-bond donors (Lipinski definition) is 0. The van der Waals surface area contributed by atoms with Crippen LogP contribution in [0.3, 0.4) is 0 Å². The Bertz CT molecular complexity index is 1510. The third kappa shape index (κ3) is 4.73. The first-order chi connectivity index (χ1) is 16.4. The minimum Gasteiger partial charge on any atom is -0.748 e. The highest BCUT2D eigenvalue weighted by molar-refractivity contribution is 8.03. The van der Waals surface area contributed by atoms with Crippen molar-refractivity contribution in [2.75, 3.05) is 17.2 Å². The lowest BCUT2D eigenvalue weighted by Crippen LogP contribution is -2.31. The number of rotatable bonds is 6. The zero-order valence-electron chi connectivity index (χ0n) is 18.7. The molecule has 2 heterocycles. The average Bonchev–Trinajstić information content (AvgIpc) is 3.16. The van der Waals surface area contributed by atoms with E-state index < -0.39 is 10.1 Å². The number of pyridine rings is 1. The van der Waals surface area contributed by atoms with E-state index in [0.29, 0.717) is 6.54 Å². The molecule has 1 aliphatic heterocycles. The van der Waals surface area contributed by atoms with E-state index in [2.05, 4.69) is 82.4 Å². The van der Waals surface area contributed by atoms with Gasteiger partial charge in [0.25, 0.3) is 0 Å². The van der Waals surface area contributed by atoms with Crippen LogP contribution in [0.2, 0.25) is 0 Å². The van der Waals surface area contributed by atoms with Crippen molar-refractivity contribution < 1.29 is 17.5 Å². The van der Waals surface area contributed by atoms with Gasteiger partial charge in [0.05, 0.1) is 20.8 Å². The summed E-state index contributed by atoms with van der Waals surface area (Å²) >= 11 is 1.66. The van der Waals surface area contributed by atoms with Crippen LogP contribution in [-0.4, -0.2) is 25.3 Å².